The molecule has 152 valence electrons. The van der Waals surface area contributed by atoms with Crippen molar-refractivity contribution in [1.82, 2.24) is 10.6 Å². The summed E-state index contributed by atoms with van der Waals surface area (Å²) in [7, 11) is 1.32. The summed E-state index contributed by atoms with van der Waals surface area (Å²) in [5.74, 6) is 1.60. The van der Waals surface area contributed by atoms with E-state index in [1.807, 2.05) is 20.8 Å². The number of esters is 1. The van der Waals surface area contributed by atoms with Crippen LogP contribution in [0.5, 0.6) is 0 Å². The van der Waals surface area contributed by atoms with Crippen LogP contribution in [0.3, 0.4) is 0 Å². The number of hydrogen-bond donors (Lipinski definition) is 2. The second-order valence-corrected chi connectivity index (χ2v) is 10.1. The normalized spacial score (nSPS) is 32.7. The third-order valence-corrected chi connectivity index (χ3v) is 6.77. The third-order valence-electron chi connectivity index (χ3n) is 6.77. The van der Waals surface area contributed by atoms with Gasteiger partial charge in [-0.2, -0.15) is 0 Å². The molecule has 0 saturated heterocycles. The summed E-state index contributed by atoms with van der Waals surface area (Å²) in [6.07, 6.45) is 7.13. The highest BCUT2D eigenvalue weighted by Crippen LogP contribution is 2.60. The van der Waals surface area contributed by atoms with Gasteiger partial charge in [0.1, 0.15) is 6.04 Å². The molecule has 2 N–H and O–H groups in total. The van der Waals surface area contributed by atoms with E-state index >= 15 is 0 Å². The third kappa shape index (κ3) is 4.30. The molecule has 6 nitrogen and oxygen atoms in total. The molecule has 4 aliphatic rings. The molecule has 4 bridgehead atoms. The highest BCUT2D eigenvalue weighted by atomic mass is 16.5. The molecule has 1 atom stereocenters. The van der Waals surface area contributed by atoms with Crippen LogP contribution in [-0.4, -0.2) is 37.5 Å². The van der Waals surface area contributed by atoms with Crippen LogP contribution in [0, 0.1) is 28.6 Å². The largest absolute Gasteiger partial charge is 0.467 e. The Morgan fingerprint density at radius 3 is 2.00 bits per heavy atom. The van der Waals surface area contributed by atoms with Gasteiger partial charge in [-0.15, -0.1) is 0 Å². The first-order valence-electron chi connectivity index (χ1n) is 10.3. The number of rotatable bonds is 6. The highest BCUT2D eigenvalue weighted by Gasteiger charge is 2.54. The molecule has 0 aromatic carbocycles. The molecule has 4 aliphatic carbocycles. The predicted molar refractivity (Wildman–Crippen MR) is 102 cm³/mol. The molecule has 2 amide bonds. The molecule has 4 saturated carbocycles. The zero-order chi connectivity index (χ0) is 19.8. The van der Waals surface area contributed by atoms with Crippen molar-refractivity contribution in [3.8, 4) is 0 Å². The van der Waals surface area contributed by atoms with Crippen molar-refractivity contribution in [2.24, 2.45) is 28.6 Å². The van der Waals surface area contributed by atoms with Crippen LogP contribution in [0.15, 0.2) is 0 Å². The Morgan fingerprint density at radius 1 is 1.04 bits per heavy atom. The molecule has 0 aromatic heterocycles. The fourth-order valence-corrected chi connectivity index (χ4v) is 5.85. The van der Waals surface area contributed by atoms with Crippen molar-refractivity contribution in [1.29, 1.82) is 0 Å². The standard InChI is InChI=1S/C21H34N2O4/c1-20(2,3)17(18(25)27-4)23-16(24)5-6-22-19(26)21-10-13-7-14(11-21)9-15(8-13)12-21/h13-15,17H,5-12H2,1-4H3,(H,22,26)(H,23,24)/t13?,14?,15?,17-,21?/m1/s1. The molecule has 0 radical (unpaired) electrons. The van der Waals surface area contributed by atoms with Gasteiger partial charge >= 0.3 is 5.97 Å². The Bertz CT molecular complexity index is 573. The fourth-order valence-electron chi connectivity index (χ4n) is 5.85. The van der Waals surface area contributed by atoms with Gasteiger partial charge in [-0.05, 0) is 61.7 Å². The summed E-state index contributed by atoms with van der Waals surface area (Å²) in [5, 5.41) is 5.76. The van der Waals surface area contributed by atoms with Crippen LogP contribution in [-0.2, 0) is 19.1 Å². The van der Waals surface area contributed by atoms with E-state index in [0.717, 1.165) is 37.0 Å². The highest BCUT2D eigenvalue weighted by molar-refractivity contribution is 5.86. The van der Waals surface area contributed by atoms with E-state index in [9.17, 15) is 14.4 Å². The van der Waals surface area contributed by atoms with Crippen molar-refractivity contribution >= 4 is 17.8 Å². The van der Waals surface area contributed by atoms with Crippen LogP contribution in [0.1, 0.15) is 65.7 Å². The number of methoxy groups -OCH3 is 1. The lowest BCUT2D eigenvalue weighted by Gasteiger charge is -2.55. The molecule has 0 heterocycles. The number of ether oxygens (including phenoxy) is 1. The van der Waals surface area contributed by atoms with E-state index in [1.54, 1.807) is 0 Å². The van der Waals surface area contributed by atoms with Crippen LogP contribution < -0.4 is 10.6 Å². The number of amides is 2. The van der Waals surface area contributed by atoms with Crippen molar-refractivity contribution in [2.75, 3.05) is 13.7 Å². The van der Waals surface area contributed by atoms with E-state index in [0.29, 0.717) is 6.54 Å². The van der Waals surface area contributed by atoms with Gasteiger partial charge in [-0.1, -0.05) is 20.8 Å². The Hall–Kier alpha value is -1.59. The Kier molecular flexibility index (Phi) is 5.55. The first-order valence-corrected chi connectivity index (χ1v) is 10.3. The summed E-state index contributed by atoms with van der Waals surface area (Å²) in [6, 6.07) is -0.700. The lowest BCUT2D eigenvalue weighted by molar-refractivity contribution is -0.148. The molecule has 0 aromatic rings. The van der Waals surface area contributed by atoms with Gasteiger partial charge in [0.15, 0.2) is 0 Å². The fraction of sp³-hybridized carbons (Fsp3) is 0.857. The first-order chi connectivity index (χ1) is 12.6. The molecule has 4 fully saturated rings. The summed E-state index contributed by atoms with van der Waals surface area (Å²) >= 11 is 0. The van der Waals surface area contributed by atoms with E-state index in [2.05, 4.69) is 10.6 Å². The topological polar surface area (TPSA) is 84.5 Å². The van der Waals surface area contributed by atoms with Gasteiger partial charge in [0.25, 0.3) is 0 Å². The summed E-state index contributed by atoms with van der Waals surface area (Å²) in [6.45, 7) is 5.95. The second-order valence-electron chi connectivity index (χ2n) is 10.1. The van der Waals surface area contributed by atoms with Gasteiger partial charge in [0, 0.05) is 18.4 Å². The zero-order valence-corrected chi connectivity index (χ0v) is 17.1. The van der Waals surface area contributed by atoms with Gasteiger partial charge in [0.2, 0.25) is 11.8 Å². The Morgan fingerprint density at radius 2 is 1.56 bits per heavy atom. The monoisotopic (exact) mass is 378 g/mol. The minimum atomic E-state index is -0.700. The first kappa shape index (κ1) is 20.2. The van der Waals surface area contributed by atoms with Crippen LogP contribution in [0.25, 0.3) is 0 Å². The molecule has 0 aliphatic heterocycles. The Balaban J connectivity index is 1.49. The van der Waals surface area contributed by atoms with Gasteiger partial charge in [0.05, 0.1) is 7.11 Å². The smallest absolute Gasteiger partial charge is 0.328 e. The maximum absolute atomic E-state index is 12.9. The molecule has 0 unspecified atom stereocenters. The summed E-state index contributed by atoms with van der Waals surface area (Å²) < 4.78 is 4.80. The van der Waals surface area contributed by atoms with Crippen molar-refractivity contribution in [2.45, 2.75) is 71.8 Å². The zero-order valence-electron chi connectivity index (χ0n) is 17.1. The van der Waals surface area contributed by atoms with Crippen molar-refractivity contribution in [3.05, 3.63) is 0 Å². The SMILES string of the molecule is COC(=O)[C@@H](NC(=O)CCNC(=O)C12CC3CC(CC(C3)C1)C2)C(C)(C)C. The van der Waals surface area contributed by atoms with Gasteiger partial charge in [-0.3, -0.25) is 9.59 Å². The Labute approximate surface area is 162 Å². The van der Waals surface area contributed by atoms with E-state index in [1.165, 1.54) is 26.4 Å². The minimum Gasteiger partial charge on any atom is -0.467 e. The minimum absolute atomic E-state index is 0.134. The lowest BCUT2D eigenvalue weighted by atomic mass is 9.49. The summed E-state index contributed by atoms with van der Waals surface area (Å²) in [5.41, 5.74) is -0.629. The molecule has 6 heteroatoms. The molecular weight excluding hydrogens is 344 g/mol. The second kappa shape index (κ2) is 7.44. The molecule has 27 heavy (non-hydrogen) atoms. The number of carbonyl (C=O) groups is 3. The maximum atomic E-state index is 12.9. The predicted octanol–water partition coefficient (Wildman–Crippen LogP) is 2.41. The quantitative estimate of drug-likeness (QED) is 0.695. The number of nitrogens with one attached hydrogen (secondary N) is 2. The molecular formula is C21H34N2O4. The lowest BCUT2D eigenvalue weighted by Crippen LogP contribution is -2.54. The van der Waals surface area contributed by atoms with E-state index in [-0.39, 0.29) is 23.7 Å². The number of carbonyl (C=O) groups excluding carboxylic acids is 3. The van der Waals surface area contributed by atoms with Gasteiger partial charge in [-0.25, -0.2) is 4.79 Å². The van der Waals surface area contributed by atoms with E-state index in [4.69, 9.17) is 4.74 Å². The molecule has 0 spiro atoms. The maximum Gasteiger partial charge on any atom is 0.328 e. The van der Waals surface area contributed by atoms with Crippen LogP contribution in [0.2, 0.25) is 0 Å². The van der Waals surface area contributed by atoms with E-state index < -0.39 is 17.4 Å². The summed E-state index contributed by atoms with van der Waals surface area (Å²) in [4.78, 5) is 37.1. The van der Waals surface area contributed by atoms with Crippen LogP contribution in [0.4, 0.5) is 0 Å². The average Bonchev–Trinajstić information content (AvgIpc) is 2.56. The van der Waals surface area contributed by atoms with Crippen LogP contribution >= 0.6 is 0 Å². The average molecular weight is 379 g/mol. The van der Waals surface area contributed by atoms with Crippen molar-refractivity contribution in [3.63, 3.8) is 0 Å². The molecule has 4 rings (SSSR count). The number of hydrogen-bond acceptors (Lipinski definition) is 4. The van der Waals surface area contributed by atoms with Crippen molar-refractivity contribution < 1.29 is 19.1 Å². The van der Waals surface area contributed by atoms with Gasteiger partial charge < -0.3 is 15.4 Å².